The van der Waals surface area contributed by atoms with Crippen LogP contribution >= 0.6 is 12.2 Å². The van der Waals surface area contributed by atoms with Gasteiger partial charge >= 0.3 is 0 Å². The maximum absolute atomic E-state index is 13.8. The Bertz CT molecular complexity index is 1300. The number of H-pyrrole nitrogens is 1. The van der Waals surface area contributed by atoms with Gasteiger partial charge in [0.2, 0.25) is 5.91 Å². The zero-order valence-corrected chi connectivity index (χ0v) is 18.1. The van der Waals surface area contributed by atoms with Gasteiger partial charge in [0, 0.05) is 19.3 Å². The number of rotatable bonds is 4. The van der Waals surface area contributed by atoms with Crippen molar-refractivity contribution < 1.29 is 9.90 Å². The molecule has 0 bridgehead atoms. The number of hydrogen-bond acceptors (Lipinski definition) is 6. The van der Waals surface area contributed by atoms with Crippen molar-refractivity contribution >= 4 is 29.2 Å². The van der Waals surface area contributed by atoms with E-state index >= 15 is 0 Å². The summed E-state index contributed by atoms with van der Waals surface area (Å²) in [5.41, 5.74) is 1.02. The van der Waals surface area contributed by atoms with Crippen LogP contribution in [-0.4, -0.2) is 53.7 Å². The fourth-order valence-electron chi connectivity index (χ4n) is 4.25. The minimum atomic E-state index is -1.03. The summed E-state index contributed by atoms with van der Waals surface area (Å²) in [6, 6.07) is 14.4. The molecular weight excluding hydrogens is 424 g/mol. The van der Waals surface area contributed by atoms with E-state index in [0.29, 0.717) is 47.3 Å². The molecule has 4 heterocycles. The van der Waals surface area contributed by atoms with Gasteiger partial charge in [-0.05, 0) is 30.5 Å². The van der Waals surface area contributed by atoms with Crippen molar-refractivity contribution in [3.63, 3.8) is 0 Å². The van der Waals surface area contributed by atoms with Gasteiger partial charge in [-0.3, -0.25) is 14.9 Å². The molecule has 4 aromatic rings. The van der Waals surface area contributed by atoms with Gasteiger partial charge in [-0.15, -0.1) is 0 Å². The summed E-state index contributed by atoms with van der Waals surface area (Å²) in [5, 5.41) is 18.6. The molecule has 1 amide bonds. The molecule has 0 radical (unpaired) electrons. The van der Waals surface area contributed by atoms with Crippen LogP contribution in [-0.2, 0) is 10.4 Å². The molecule has 1 atom stereocenters. The van der Waals surface area contributed by atoms with E-state index in [0.717, 1.165) is 5.56 Å². The minimum Gasteiger partial charge on any atom is -0.383 e. The van der Waals surface area contributed by atoms with Crippen LogP contribution in [0.3, 0.4) is 0 Å². The number of piperidine rings is 1. The molecule has 9 heteroatoms. The van der Waals surface area contributed by atoms with Crippen molar-refractivity contribution in [1.82, 2.24) is 29.6 Å². The van der Waals surface area contributed by atoms with Crippen molar-refractivity contribution in [2.24, 2.45) is 0 Å². The first-order valence-corrected chi connectivity index (χ1v) is 10.9. The van der Waals surface area contributed by atoms with Crippen LogP contribution in [0.5, 0.6) is 0 Å². The van der Waals surface area contributed by atoms with Crippen LogP contribution in [0.15, 0.2) is 67.3 Å². The van der Waals surface area contributed by atoms with Gasteiger partial charge in [-0.2, -0.15) is 5.10 Å². The molecule has 8 nitrogen and oxygen atoms in total. The standard InChI is InChI=1S/C23H22N6O2S/c30-21(28-12-9-23(31,10-13-28)18-8-4-5-11-24-18)19(16-6-2-1-3-7-16)29-15-25-20-17(22(29)32)14-26-27-20/h1-8,11,14-15,19,31H,9-10,12-13H2,(H,26,27). The second-order valence-corrected chi connectivity index (χ2v) is 8.36. The molecule has 1 aliphatic rings. The number of hydrogen-bond donors (Lipinski definition) is 2. The van der Waals surface area contributed by atoms with Crippen molar-refractivity contribution in [2.45, 2.75) is 24.5 Å². The predicted molar refractivity (Wildman–Crippen MR) is 121 cm³/mol. The lowest BCUT2D eigenvalue weighted by atomic mass is 9.87. The number of aromatic nitrogens is 5. The van der Waals surface area contributed by atoms with E-state index in [9.17, 15) is 9.90 Å². The number of pyridine rings is 1. The van der Waals surface area contributed by atoms with Gasteiger partial charge in [-0.1, -0.05) is 48.6 Å². The monoisotopic (exact) mass is 446 g/mol. The van der Waals surface area contributed by atoms with E-state index < -0.39 is 11.6 Å². The lowest BCUT2D eigenvalue weighted by Crippen LogP contribution is -2.48. The Hall–Kier alpha value is -3.43. The number of fused-ring (bicyclic) bond motifs is 1. The quantitative estimate of drug-likeness (QED) is 0.468. The first kappa shape index (κ1) is 20.5. The Balaban J connectivity index is 1.47. The van der Waals surface area contributed by atoms with Crippen LogP contribution in [0.4, 0.5) is 0 Å². The normalized spacial score (nSPS) is 16.7. The smallest absolute Gasteiger partial charge is 0.250 e. The molecule has 1 unspecified atom stereocenters. The number of carbonyl (C=O) groups is 1. The van der Waals surface area contributed by atoms with E-state index in [4.69, 9.17) is 12.2 Å². The van der Waals surface area contributed by atoms with E-state index in [1.54, 1.807) is 28.2 Å². The number of aromatic amines is 1. The third kappa shape index (κ3) is 3.59. The third-order valence-electron chi connectivity index (χ3n) is 6.07. The van der Waals surface area contributed by atoms with Crippen molar-refractivity contribution in [1.29, 1.82) is 0 Å². The van der Waals surface area contributed by atoms with Crippen LogP contribution in [0.2, 0.25) is 0 Å². The SMILES string of the molecule is O=C(C(c1ccccc1)n1cnc2[nH]ncc2c1=S)N1CCC(O)(c2ccccn2)CC1. The summed E-state index contributed by atoms with van der Waals surface area (Å²) < 4.78 is 2.22. The molecule has 0 spiro atoms. The largest absolute Gasteiger partial charge is 0.383 e. The van der Waals surface area contributed by atoms with Gasteiger partial charge in [-0.25, -0.2) is 4.98 Å². The second-order valence-electron chi connectivity index (χ2n) is 7.97. The van der Waals surface area contributed by atoms with E-state index in [2.05, 4.69) is 20.2 Å². The maximum atomic E-state index is 13.8. The summed E-state index contributed by atoms with van der Waals surface area (Å²) in [6.07, 6.45) is 5.73. The average Bonchev–Trinajstić information content (AvgIpc) is 3.32. The zero-order chi connectivity index (χ0) is 22.1. The summed E-state index contributed by atoms with van der Waals surface area (Å²) in [7, 11) is 0. The molecule has 1 aromatic carbocycles. The van der Waals surface area contributed by atoms with Crippen LogP contribution in [0.1, 0.15) is 30.1 Å². The number of aliphatic hydroxyl groups is 1. The van der Waals surface area contributed by atoms with E-state index in [1.807, 2.05) is 48.5 Å². The Labute approximate surface area is 189 Å². The molecule has 162 valence electrons. The van der Waals surface area contributed by atoms with Gasteiger partial charge in [0.05, 0.1) is 23.6 Å². The van der Waals surface area contributed by atoms with Gasteiger partial charge in [0.25, 0.3) is 0 Å². The molecule has 2 N–H and O–H groups in total. The highest BCUT2D eigenvalue weighted by molar-refractivity contribution is 7.71. The highest BCUT2D eigenvalue weighted by Gasteiger charge is 2.38. The zero-order valence-electron chi connectivity index (χ0n) is 17.3. The lowest BCUT2D eigenvalue weighted by Gasteiger charge is -2.39. The number of amides is 1. The van der Waals surface area contributed by atoms with Crippen molar-refractivity contribution in [3.8, 4) is 0 Å². The van der Waals surface area contributed by atoms with Crippen LogP contribution < -0.4 is 0 Å². The minimum absolute atomic E-state index is 0.0833. The highest BCUT2D eigenvalue weighted by Crippen LogP contribution is 2.33. The van der Waals surface area contributed by atoms with Crippen LogP contribution in [0, 0.1) is 4.64 Å². The van der Waals surface area contributed by atoms with Crippen molar-refractivity contribution in [2.75, 3.05) is 13.1 Å². The molecule has 1 aliphatic heterocycles. The Kier molecular flexibility index (Phi) is 5.28. The Morgan fingerprint density at radius 3 is 2.56 bits per heavy atom. The second kappa shape index (κ2) is 8.25. The molecular formula is C23H22N6O2S. The van der Waals surface area contributed by atoms with Crippen molar-refractivity contribution in [3.05, 3.63) is 83.1 Å². The van der Waals surface area contributed by atoms with E-state index in [-0.39, 0.29) is 5.91 Å². The molecule has 3 aromatic heterocycles. The summed E-state index contributed by atoms with van der Waals surface area (Å²) >= 11 is 5.69. The molecule has 32 heavy (non-hydrogen) atoms. The summed E-state index contributed by atoms with van der Waals surface area (Å²) in [6.45, 7) is 0.841. The molecule has 5 rings (SSSR count). The fourth-order valence-corrected chi connectivity index (χ4v) is 4.55. The van der Waals surface area contributed by atoms with Gasteiger partial charge in [0.1, 0.15) is 16.3 Å². The first-order chi connectivity index (χ1) is 15.6. The molecule has 1 saturated heterocycles. The third-order valence-corrected chi connectivity index (χ3v) is 6.50. The molecule has 0 saturated carbocycles. The van der Waals surface area contributed by atoms with E-state index in [1.165, 1.54) is 0 Å². The maximum Gasteiger partial charge on any atom is 0.250 e. The Morgan fingerprint density at radius 2 is 1.84 bits per heavy atom. The van der Waals surface area contributed by atoms with Crippen LogP contribution in [0.25, 0.3) is 11.0 Å². The Morgan fingerprint density at radius 1 is 1.09 bits per heavy atom. The van der Waals surface area contributed by atoms with Gasteiger partial charge in [0.15, 0.2) is 5.65 Å². The fraction of sp³-hybridized carbons (Fsp3) is 0.261. The summed E-state index contributed by atoms with van der Waals surface area (Å²) in [5.74, 6) is -0.0833. The first-order valence-electron chi connectivity index (χ1n) is 10.4. The predicted octanol–water partition coefficient (Wildman–Crippen LogP) is 2.98. The van der Waals surface area contributed by atoms with Gasteiger partial charge < -0.3 is 14.6 Å². The number of nitrogens with one attached hydrogen (secondary N) is 1. The molecule has 0 aliphatic carbocycles. The number of carbonyl (C=O) groups excluding carboxylic acids is 1. The molecule has 1 fully saturated rings. The summed E-state index contributed by atoms with van der Waals surface area (Å²) in [4.78, 5) is 24.3. The number of nitrogens with zero attached hydrogens (tertiary/aromatic N) is 5. The highest BCUT2D eigenvalue weighted by atomic mass is 32.1. The lowest BCUT2D eigenvalue weighted by molar-refractivity contribution is -0.138. The average molecular weight is 447 g/mol. The topological polar surface area (TPSA) is 99.9 Å². The number of likely N-dealkylation sites (tertiary alicyclic amines) is 1. The number of benzene rings is 1.